The van der Waals surface area contributed by atoms with E-state index < -0.39 is 0 Å². The number of halogens is 1. The van der Waals surface area contributed by atoms with Crippen LogP contribution in [0.15, 0.2) is 22.7 Å². The van der Waals surface area contributed by atoms with Gasteiger partial charge in [-0.3, -0.25) is 0 Å². The minimum absolute atomic E-state index is 0.109. The van der Waals surface area contributed by atoms with E-state index >= 15 is 0 Å². The third kappa shape index (κ3) is 3.97. The molecule has 0 aromatic heterocycles. The molecule has 1 aromatic rings. The highest BCUT2D eigenvalue weighted by atomic mass is 79.9. The number of para-hydroxylation sites is 1. The van der Waals surface area contributed by atoms with Gasteiger partial charge in [0.2, 0.25) is 0 Å². The summed E-state index contributed by atoms with van der Waals surface area (Å²) in [6.07, 6.45) is 3.93. The summed E-state index contributed by atoms with van der Waals surface area (Å²) in [7, 11) is 0. The molecule has 0 aliphatic heterocycles. The van der Waals surface area contributed by atoms with Crippen molar-refractivity contribution in [3.05, 3.63) is 28.2 Å². The Hall–Kier alpha value is -1.05. The normalized spacial score (nSPS) is 15.7. The number of ether oxygens (including phenoxy) is 1. The summed E-state index contributed by atoms with van der Waals surface area (Å²) >= 11 is 3.57. The second-order valence-electron chi connectivity index (χ2n) is 5.53. The van der Waals surface area contributed by atoms with Crippen LogP contribution in [0.1, 0.15) is 38.2 Å². The predicted molar refractivity (Wildman–Crippen MR) is 83.5 cm³/mol. The number of hydrogen-bond donors (Lipinski definition) is 1. The van der Waals surface area contributed by atoms with Crippen LogP contribution in [0.5, 0.6) is 5.75 Å². The first-order chi connectivity index (χ1) is 9.71. The van der Waals surface area contributed by atoms with Gasteiger partial charge < -0.3 is 10.1 Å². The standard InChI is InChI=1S/C16H21BrN2O/c1-2-10-19-11-13-4-3-5-14(17)15(13)20-12-16(6-7-16)8-9-18/h3-5,19H,2,6-8,10-12H2,1H3. The van der Waals surface area contributed by atoms with Gasteiger partial charge in [-0.05, 0) is 47.8 Å². The van der Waals surface area contributed by atoms with Crippen LogP contribution in [0.25, 0.3) is 0 Å². The number of nitrogens with zero attached hydrogens (tertiary/aromatic N) is 1. The first-order valence-corrected chi connectivity index (χ1v) is 7.98. The molecule has 3 nitrogen and oxygen atoms in total. The molecule has 1 aliphatic carbocycles. The quantitative estimate of drug-likeness (QED) is 0.729. The Morgan fingerprint density at radius 3 is 2.90 bits per heavy atom. The van der Waals surface area contributed by atoms with E-state index in [0.717, 1.165) is 42.6 Å². The topological polar surface area (TPSA) is 45.0 Å². The number of nitriles is 1. The van der Waals surface area contributed by atoms with Crippen molar-refractivity contribution in [3.63, 3.8) is 0 Å². The summed E-state index contributed by atoms with van der Waals surface area (Å²) in [6.45, 7) is 4.62. The lowest BCUT2D eigenvalue weighted by Gasteiger charge is -2.17. The first kappa shape index (κ1) is 15.3. The van der Waals surface area contributed by atoms with Crippen molar-refractivity contribution in [2.45, 2.75) is 39.2 Å². The van der Waals surface area contributed by atoms with Gasteiger partial charge in [0.1, 0.15) is 5.75 Å². The van der Waals surface area contributed by atoms with Crippen LogP contribution in [0.4, 0.5) is 0 Å². The highest BCUT2D eigenvalue weighted by Crippen LogP contribution is 2.49. The van der Waals surface area contributed by atoms with E-state index in [2.05, 4.69) is 40.3 Å². The molecule has 0 bridgehead atoms. The van der Waals surface area contributed by atoms with Gasteiger partial charge in [-0.2, -0.15) is 5.26 Å². The molecule has 0 amide bonds. The average molecular weight is 337 g/mol. The minimum atomic E-state index is 0.109. The maximum atomic E-state index is 8.87. The van der Waals surface area contributed by atoms with Crippen LogP contribution in [0, 0.1) is 16.7 Å². The van der Waals surface area contributed by atoms with Crippen LogP contribution in [0.3, 0.4) is 0 Å². The van der Waals surface area contributed by atoms with E-state index in [9.17, 15) is 0 Å². The SMILES string of the molecule is CCCNCc1cccc(Br)c1OCC1(CC#N)CC1. The summed E-state index contributed by atoms with van der Waals surface area (Å²) < 4.78 is 7.03. The molecular weight excluding hydrogens is 316 g/mol. The largest absolute Gasteiger partial charge is 0.491 e. The van der Waals surface area contributed by atoms with E-state index in [1.807, 2.05) is 12.1 Å². The number of rotatable bonds is 8. The molecular formula is C16H21BrN2O. The molecule has 0 atom stereocenters. The average Bonchev–Trinajstić information content (AvgIpc) is 3.19. The fourth-order valence-corrected chi connectivity index (χ4v) is 2.72. The lowest BCUT2D eigenvalue weighted by molar-refractivity contribution is 0.233. The summed E-state index contributed by atoms with van der Waals surface area (Å²) in [5.74, 6) is 0.917. The molecule has 1 aromatic carbocycles. The molecule has 0 spiro atoms. The molecule has 1 fully saturated rings. The lowest BCUT2D eigenvalue weighted by Crippen LogP contribution is -2.17. The van der Waals surface area contributed by atoms with Crippen molar-refractivity contribution in [2.75, 3.05) is 13.2 Å². The van der Waals surface area contributed by atoms with Gasteiger partial charge >= 0.3 is 0 Å². The van der Waals surface area contributed by atoms with Gasteiger partial charge in [0.15, 0.2) is 0 Å². The molecule has 0 heterocycles. The molecule has 108 valence electrons. The van der Waals surface area contributed by atoms with Crippen molar-refractivity contribution in [1.82, 2.24) is 5.32 Å². The van der Waals surface area contributed by atoms with Gasteiger partial charge in [0.05, 0.1) is 17.1 Å². The van der Waals surface area contributed by atoms with E-state index in [0.29, 0.717) is 13.0 Å². The van der Waals surface area contributed by atoms with Crippen LogP contribution >= 0.6 is 15.9 Å². The van der Waals surface area contributed by atoms with Gasteiger partial charge in [0.25, 0.3) is 0 Å². The molecule has 2 rings (SSSR count). The smallest absolute Gasteiger partial charge is 0.137 e. The van der Waals surface area contributed by atoms with Crippen molar-refractivity contribution in [3.8, 4) is 11.8 Å². The third-order valence-electron chi connectivity index (χ3n) is 3.72. The zero-order valence-electron chi connectivity index (χ0n) is 11.9. The lowest BCUT2D eigenvalue weighted by atomic mass is 10.1. The van der Waals surface area contributed by atoms with Crippen LogP contribution < -0.4 is 10.1 Å². The maximum absolute atomic E-state index is 8.87. The fourth-order valence-electron chi connectivity index (χ4n) is 2.20. The van der Waals surface area contributed by atoms with Crippen LogP contribution in [-0.2, 0) is 6.54 Å². The van der Waals surface area contributed by atoms with E-state index in [-0.39, 0.29) is 5.41 Å². The highest BCUT2D eigenvalue weighted by Gasteiger charge is 2.43. The molecule has 1 saturated carbocycles. The molecule has 20 heavy (non-hydrogen) atoms. The van der Waals surface area contributed by atoms with Crippen LogP contribution in [-0.4, -0.2) is 13.2 Å². The minimum Gasteiger partial charge on any atom is -0.491 e. The Morgan fingerprint density at radius 2 is 2.25 bits per heavy atom. The number of hydrogen-bond acceptors (Lipinski definition) is 3. The maximum Gasteiger partial charge on any atom is 0.137 e. The molecule has 0 saturated heterocycles. The zero-order valence-corrected chi connectivity index (χ0v) is 13.5. The molecule has 0 unspecified atom stereocenters. The van der Waals surface area contributed by atoms with Crippen LogP contribution in [0.2, 0.25) is 0 Å². The Morgan fingerprint density at radius 1 is 1.45 bits per heavy atom. The summed E-state index contributed by atoms with van der Waals surface area (Å²) in [6, 6.07) is 8.40. The Bertz CT molecular complexity index is 492. The predicted octanol–water partition coefficient (Wildman–Crippen LogP) is 4.02. The van der Waals surface area contributed by atoms with E-state index in [1.54, 1.807) is 0 Å². The highest BCUT2D eigenvalue weighted by molar-refractivity contribution is 9.10. The molecule has 4 heteroatoms. The van der Waals surface area contributed by atoms with Crippen molar-refractivity contribution in [1.29, 1.82) is 5.26 Å². The summed E-state index contributed by atoms with van der Waals surface area (Å²) in [5.41, 5.74) is 1.28. The second kappa shape index (κ2) is 7.10. The van der Waals surface area contributed by atoms with Gasteiger partial charge in [-0.1, -0.05) is 19.1 Å². The molecule has 0 radical (unpaired) electrons. The van der Waals surface area contributed by atoms with E-state index in [1.165, 1.54) is 5.56 Å². The first-order valence-electron chi connectivity index (χ1n) is 7.18. The second-order valence-corrected chi connectivity index (χ2v) is 6.38. The Labute approximate surface area is 129 Å². The van der Waals surface area contributed by atoms with Crippen molar-refractivity contribution >= 4 is 15.9 Å². The number of benzene rings is 1. The van der Waals surface area contributed by atoms with Crippen molar-refractivity contribution < 1.29 is 4.74 Å². The monoisotopic (exact) mass is 336 g/mol. The summed E-state index contributed by atoms with van der Waals surface area (Å²) in [4.78, 5) is 0. The zero-order chi connectivity index (χ0) is 14.4. The Balaban J connectivity index is 2.00. The molecule has 1 aliphatic rings. The van der Waals surface area contributed by atoms with Crippen molar-refractivity contribution in [2.24, 2.45) is 5.41 Å². The Kier molecular flexibility index (Phi) is 5.45. The van der Waals surface area contributed by atoms with E-state index in [4.69, 9.17) is 10.00 Å². The fraction of sp³-hybridized carbons (Fsp3) is 0.562. The van der Waals surface area contributed by atoms with Gasteiger partial charge in [-0.15, -0.1) is 0 Å². The summed E-state index contributed by atoms with van der Waals surface area (Å²) in [5, 5.41) is 12.3. The van der Waals surface area contributed by atoms with Gasteiger partial charge in [-0.25, -0.2) is 0 Å². The van der Waals surface area contributed by atoms with Gasteiger partial charge in [0, 0.05) is 23.9 Å². The number of nitrogens with one attached hydrogen (secondary N) is 1. The third-order valence-corrected chi connectivity index (χ3v) is 4.35. The molecule has 1 N–H and O–H groups in total.